The van der Waals surface area contributed by atoms with Gasteiger partial charge >= 0.3 is 6.03 Å². The van der Waals surface area contributed by atoms with Crippen molar-refractivity contribution in [2.24, 2.45) is 0 Å². The molecule has 1 aliphatic heterocycles. The minimum absolute atomic E-state index is 0.00824. The number of rotatable bonds is 5. The summed E-state index contributed by atoms with van der Waals surface area (Å²) in [6.07, 6.45) is 5.43. The zero-order chi connectivity index (χ0) is 18.0. The maximum Gasteiger partial charge on any atom is 0.327 e. The summed E-state index contributed by atoms with van der Waals surface area (Å²) in [6, 6.07) is 5.96. The van der Waals surface area contributed by atoms with Crippen LogP contribution in [-0.4, -0.2) is 47.5 Å². The van der Waals surface area contributed by atoms with E-state index in [1.165, 1.54) is 16.0 Å². The second kappa shape index (κ2) is 7.06. The summed E-state index contributed by atoms with van der Waals surface area (Å²) in [5.74, 6) is 0.837. The highest BCUT2D eigenvalue weighted by atomic mass is 16.5. The van der Waals surface area contributed by atoms with Gasteiger partial charge in [-0.3, -0.25) is 9.69 Å². The number of urea groups is 1. The molecule has 1 spiro atoms. The highest BCUT2D eigenvalue weighted by Gasteiger charge is 2.55. The molecule has 1 saturated heterocycles. The van der Waals surface area contributed by atoms with Crippen LogP contribution in [0.5, 0.6) is 5.75 Å². The topological polar surface area (TPSA) is 49.9 Å². The molecule has 1 aromatic carbocycles. The zero-order valence-electron chi connectivity index (χ0n) is 15.5. The Labute approximate surface area is 149 Å². The summed E-state index contributed by atoms with van der Waals surface area (Å²) >= 11 is 0. The molecule has 25 heavy (non-hydrogen) atoms. The van der Waals surface area contributed by atoms with Crippen molar-refractivity contribution < 1.29 is 14.3 Å². The van der Waals surface area contributed by atoms with Crippen molar-refractivity contribution in [3.05, 3.63) is 29.3 Å². The molecule has 0 unspecified atom stereocenters. The Morgan fingerprint density at radius 3 is 2.32 bits per heavy atom. The summed E-state index contributed by atoms with van der Waals surface area (Å²) in [6.45, 7) is 5.01. The molecule has 0 N–H and O–H groups in total. The third-order valence-electron chi connectivity index (χ3n) is 5.47. The van der Waals surface area contributed by atoms with Gasteiger partial charge < -0.3 is 9.64 Å². The average molecular weight is 344 g/mol. The lowest BCUT2D eigenvalue weighted by Gasteiger charge is -2.35. The van der Waals surface area contributed by atoms with Gasteiger partial charge in [-0.15, -0.1) is 0 Å². The van der Waals surface area contributed by atoms with Gasteiger partial charge in [0.15, 0.2) is 0 Å². The number of aryl methyl sites for hydroxylation is 2. The van der Waals surface area contributed by atoms with Crippen LogP contribution >= 0.6 is 0 Å². The van der Waals surface area contributed by atoms with Gasteiger partial charge in [0.25, 0.3) is 5.91 Å². The molecule has 2 aliphatic rings. The van der Waals surface area contributed by atoms with Crippen molar-refractivity contribution in [3.63, 3.8) is 0 Å². The number of ether oxygens (including phenoxy) is 1. The number of nitrogens with zero attached hydrogens (tertiary/aromatic N) is 2. The van der Waals surface area contributed by atoms with Crippen molar-refractivity contribution in [2.75, 3.05) is 20.2 Å². The molecule has 1 saturated carbocycles. The van der Waals surface area contributed by atoms with E-state index in [1.807, 2.05) is 26.0 Å². The average Bonchev–Trinajstić information content (AvgIpc) is 2.74. The van der Waals surface area contributed by atoms with Crippen molar-refractivity contribution in [2.45, 2.75) is 57.9 Å². The predicted molar refractivity (Wildman–Crippen MR) is 96.7 cm³/mol. The number of amides is 3. The first-order valence-electron chi connectivity index (χ1n) is 9.25. The minimum atomic E-state index is -0.580. The highest BCUT2D eigenvalue weighted by molar-refractivity contribution is 6.06. The van der Waals surface area contributed by atoms with Gasteiger partial charge in [-0.05, 0) is 56.4 Å². The van der Waals surface area contributed by atoms with Gasteiger partial charge in [0.05, 0.1) is 6.61 Å². The molecule has 0 atom stereocenters. The molecule has 5 nitrogen and oxygen atoms in total. The lowest BCUT2D eigenvalue weighted by Crippen LogP contribution is -2.49. The maximum absolute atomic E-state index is 12.9. The van der Waals surface area contributed by atoms with Crippen LogP contribution in [0.4, 0.5) is 4.79 Å². The molecule has 0 aromatic heterocycles. The van der Waals surface area contributed by atoms with Gasteiger partial charge in [-0.25, -0.2) is 4.79 Å². The molecule has 0 radical (unpaired) electrons. The molecular formula is C20H28N2O3. The first-order chi connectivity index (χ1) is 11.9. The van der Waals surface area contributed by atoms with E-state index in [0.717, 1.165) is 37.9 Å². The van der Waals surface area contributed by atoms with E-state index in [9.17, 15) is 9.59 Å². The Bertz CT molecular complexity index is 645. The van der Waals surface area contributed by atoms with E-state index in [0.29, 0.717) is 19.6 Å². The van der Waals surface area contributed by atoms with Crippen molar-refractivity contribution in [1.82, 2.24) is 9.80 Å². The third-order valence-corrected chi connectivity index (χ3v) is 5.47. The Kier molecular flexibility index (Phi) is 5.02. The minimum Gasteiger partial charge on any atom is -0.494 e. The van der Waals surface area contributed by atoms with Gasteiger partial charge in [0, 0.05) is 13.6 Å². The van der Waals surface area contributed by atoms with Crippen LogP contribution in [-0.2, 0) is 4.79 Å². The first-order valence-corrected chi connectivity index (χ1v) is 9.25. The number of likely N-dealkylation sites (N-methyl/N-ethyl adjacent to an activating group) is 1. The van der Waals surface area contributed by atoms with Crippen LogP contribution < -0.4 is 4.74 Å². The molecule has 1 heterocycles. The standard InChI is InChI=1S/C20H28N2O3/c1-15-12-16(2)14-17(13-15)25-11-7-10-22-18(23)20(21(3)19(22)24)8-5-4-6-9-20/h12-14H,4-11H2,1-3H3. The number of hydrogen-bond acceptors (Lipinski definition) is 3. The smallest absolute Gasteiger partial charge is 0.327 e. The van der Waals surface area contributed by atoms with Crippen LogP contribution in [0.25, 0.3) is 0 Å². The number of carbonyl (C=O) groups is 2. The Hall–Kier alpha value is -2.04. The summed E-state index contributed by atoms with van der Waals surface area (Å²) in [5, 5.41) is 0. The Balaban J connectivity index is 1.56. The van der Waals surface area contributed by atoms with Gasteiger partial charge in [0.2, 0.25) is 0 Å². The first kappa shape index (κ1) is 17.8. The molecule has 3 rings (SSSR count). The highest BCUT2D eigenvalue weighted by Crippen LogP contribution is 2.39. The van der Waals surface area contributed by atoms with Gasteiger partial charge in [-0.1, -0.05) is 25.3 Å². The lowest BCUT2D eigenvalue weighted by atomic mass is 9.81. The van der Waals surface area contributed by atoms with E-state index in [-0.39, 0.29) is 11.9 Å². The fourth-order valence-corrected chi connectivity index (χ4v) is 4.16. The molecule has 1 aromatic rings. The summed E-state index contributed by atoms with van der Waals surface area (Å²) < 4.78 is 5.80. The second-order valence-electron chi connectivity index (χ2n) is 7.42. The molecule has 0 bridgehead atoms. The van der Waals surface area contributed by atoms with Crippen molar-refractivity contribution >= 4 is 11.9 Å². The van der Waals surface area contributed by atoms with E-state index in [4.69, 9.17) is 4.74 Å². The third kappa shape index (κ3) is 3.37. The number of carbonyl (C=O) groups excluding carboxylic acids is 2. The maximum atomic E-state index is 12.9. The van der Waals surface area contributed by atoms with Gasteiger partial charge in [0.1, 0.15) is 11.3 Å². The predicted octanol–water partition coefficient (Wildman–Crippen LogP) is 3.67. The number of hydrogen-bond donors (Lipinski definition) is 0. The fourth-order valence-electron chi connectivity index (χ4n) is 4.16. The SMILES string of the molecule is Cc1cc(C)cc(OCCCN2C(=O)N(C)C3(CCCCC3)C2=O)c1. The number of benzene rings is 1. The van der Waals surface area contributed by atoms with Crippen LogP contribution in [0.1, 0.15) is 49.7 Å². The number of imide groups is 1. The van der Waals surface area contributed by atoms with Crippen molar-refractivity contribution in [3.8, 4) is 5.75 Å². The second-order valence-corrected chi connectivity index (χ2v) is 7.42. The summed E-state index contributed by atoms with van der Waals surface area (Å²) in [5.41, 5.74) is 1.76. The molecule has 1 aliphatic carbocycles. The summed E-state index contributed by atoms with van der Waals surface area (Å²) in [4.78, 5) is 28.5. The normalized spacial score (nSPS) is 19.8. The van der Waals surface area contributed by atoms with Crippen LogP contribution in [0.2, 0.25) is 0 Å². The van der Waals surface area contributed by atoms with Crippen LogP contribution in [0, 0.1) is 13.8 Å². The molecule has 136 valence electrons. The van der Waals surface area contributed by atoms with E-state index in [2.05, 4.69) is 6.07 Å². The molecule has 3 amide bonds. The zero-order valence-corrected chi connectivity index (χ0v) is 15.5. The molecule has 5 heteroatoms. The van der Waals surface area contributed by atoms with Crippen LogP contribution in [0.15, 0.2) is 18.2 Å². The largest absolute Gasteiger partial charge is 0.494 e. The van der Waals surface area contributed by atoms with Crippen molar-refractivity contribution in [1.29, 1.82) is 0 Å². The lowest BCUT2D eigenvalue weighted by molar-refractivity contribution is -0.134. The van der Waals surface area contributed by atoms with E-state index in [1.54, 1.807) is 11.9 Å². The Morgan fingerprint density at radius 1 is 1.04 bits per heavy atom. The van der Waals surface area contributed by atoms with E-state index >= 15 is 0 Å². The quantitative estimate of drug-likeness (QED) is 0.605. The molecule has 2 fully saturated rings. The van der Waals surface area contributed by atoms with E-state index < -0.39 is 5.54 Å². The Morgan fingerprint density at radius 2 is 1.68 bits per heavy atom. The molecular weight excluding hydrogens is 316 g/mol. The fraction of sp³-hybridized carbons (Fsp3) is 0.600. The van der Waals surface area contributed by atoms with Gasteiger partial charge in [-0.2, -0.15) is 0 Å². The summed E-state index contributed by atoms with van der Waals surface area (Å²) in [7, 11) is 1.78. The monoisotopic (exact) mass is 344 g/mol. The van der Waals surface area contributed by atoms with Crippen LogP contribution in [0.3, 0.4) is 0 Å².